The maximum atomic E-state index is 6.98. The molecule has 4 aromatic heterocycles. The molecule has 68 heavy (non-hydrogen) atoms. The first-order valence-corrected chi connectivity index (χ1v) is 22.8. The summed E-state index contributed by atoms with van der Waals surface area (Å²) in [6, 6.07) is 71.1. The van der Waals surface area contributed by atoms with Gasteiger partial charge in [0, 0.05) is 48.5 Å². The Bertz CT molecular complexity index is 3610. The normalized spacial score (nSPS) is 11.4. The van der Waals surface area contributed by atoms with Crippen LogP contribution in [0, 0.1) is 12.1 Å². The number of nitrogens with zero attached hydrogens (tertiary/aromatic N) is 4. The number of hydrogen-bond donors (Lipinski definition) is 0. The first-order chi connectivity index (χ1) is 32.9. The number of rotatable bonds is 8. The number of furan rings is 1. The monoisotopic (exact) mass is 1060 g/mol. The molecule has 12 aromatic rings. The molecule has 0 bridgehead atoms. The SMILES string of the molecule is CC(C)c1cc(-c2ccccc2)cc(C(C)C)c1-n1c(-c2[c-]c3oc(-c4ccccc4)nc3c3c2oc2cc(-c4ccccc4)ccc23)nc2ccccc21.[Ir].[c-]1ccccc1-c1ccccn1. The predicted molar refractivity (Wildman–Crippen MR) is 273 cm³/mol. The van der Waals surface area contributed by atoms with Crippen LogP contribution in [0.1, 0.15) is 50.7 Å². The molecule has 4 heterocycles. The number of pyridine rings is 1. The molecule has 0 N–H and O–H groups in total. The van der Waals surface area contributed by atoms with Gasteiger partial charge in [-0.15, -0.1) is 35.9 Å². The van der Waals surface area contributed by atoms with Gasteiger partial charge in [0.1, 0.15) is 5.58 Å². The van der Waals surface area contributed by atoms with Crippen LogP contribution in [0.5, 0.6) is 0 Å². The fraction of sp³-hybridized carbons (Fsp3) is 0.0984. The van der Waals surface area contributed by atoms with Crippen LogP contribution in [0.15, 0.2) is 203 Å². The van der Waals surface area contributed by atoms with Crippen LogP contribution >= 0.6 is 0 Å². The Hall–Kier alpha value is -7.70. The summed E-state index contributed by atoms with van der Waals surface area (Å²) < 4.78 is 15.9. The summed E-state index contributed by atoms with van der Waals surface area (Å²) in [6.07, 6.45) is 1.79. The van der Waals surface area contributed by atoms with E-state index in [1.54, 1.807) is 6.20 Å². The smallest absolute Gasteiger partial charge is 0.215 e. The van der Waals surface area contributed by atoms with Crippen LogP contribution in [0.25, 0.3) is 106 Å². The molecule has 0 aliphatic heterocycles. The van der Waals surface area contributed by atoms with E-state index < -0.39 is 0 Å². The predicted octanol–water partition coefficient (Wildman–Crippen LogP) is 16.3. The van der Waals surface area contributed by atoms with Crippen molar-refractivity contribution in [3.05, 3.63) is 218 Å². The molecule has 12 rings (SSSR count). The third-order valence-corrected chi connectivity index (χ3v) is 12.3. The van der Waals surface area contributed by atoms with Gasteiger partial charge in [-0.25, -0.2) is 0 Å². The number of benzene rings is 8. The van der Waals surface area contributed by atoms with Gasteiger partial charge in [-0.1, -0.05) is 155 Å². The van der Waals surface area contributed by atoms with E-state index in [1.165, 1.54) is 22.3 Å². The van der Waals surface area contributed by atoms with Crippen molar-refractivity contribution in [2.45, 2.75) is 39.5 Å². The summed E-state index contributed by atoms with van der Waals surface area (Å²) in [5.41, 5.74) is 16.5. The molecule has 1 radical (unpaired) electrons. The quantitative estimate of drug-likeness (QED) is 0.142. The van der Waals surface area contributed by atoms with Crippen LogP contribution in [-0.2, 0) is 20.1 Å². The zero-order valence-electron chi connectivity index (χ0n) is 38.1. The van der Waals surface area contributed by atoms with E-state index in [0.29, 0.717) is 22.6 Å². The van der Waals surface area contributed by atoms with Gasteiger partial charge in [0.15, 0.2) is 0 Å². The molecule has 6 nitrogen and oxygen atoms in total. The largest absolute Gasteiger partial charge is 0.500 e. The molecule has 7 heteroatoms. The number of imidazole rings is 1. The van der Waals surface area contributed by atoms with Gasteiger partial charge in [-0.3, -0.25) is 9.97 Å². The summed E-state index contributed by atoms with van der Waals surface area (Å²) >= 11 is 0. The molecule has 0 atom stereocenters. The van der Waals surface area contributed by atoms with Crippen molar-refractivity contribution >= 4 is 44.1 Å². The molecule has 0 aliphatic carbocycles. The Morgan fingerprint density at radius 1 is 0.559 bits per heavy atom. The molecule has 0 fully saturated rings. The number of aromatic nitrogens is 4. The Morgan fingerprint density at radius 2 is 1.19 bits per heavy atom. The van der Waals surface area contributed by atoms with Gasteiger partial charge in [-0.05, 0) is 105 Å². The van der Waals surface area contributed by atoms with E-state index in [1.807, 2.05) is 84.9 Å². The first kappa shape index (κ1) is 44.2. The Balaban J connectivity index is 0.000000361. The minimum Gasteiger partial charge on any atom is -0.500 e. The Labute approximate surface area is 409 Å². The minimum atomic E-state index is 0. The number of hydrogen-bond acceptors (Lipinski definition) is 5. The second-order valence-electron chi connectivity index (χ2n) is 17.4. The summed E-state index contributed by atoms with van der Waals surface area (Å²) in [5, 5.41) is 1.85. The third kappa shape index (κ3) is 8.25. The van der Waals surface area contributed by atoms with Crippen LogP contribution in [0.4, 0.5) is 0 Å². The number of oxazole rings is 1. The van der Waals surface area contributed by atoms with Gasteiger partial charge in [0.25, 0.3) is 0 Å². The van der Waals surface area contributed by atoms with Crippen molar-refractivity contribution in [2.24, 2.45) is 0 Å². The average Bonchev–Trinajstić information content (AvgIpc) is 4.11. The van der Waals surface area contributed by atoms with Gasteiger partial charge in [-0.2, -0.15) is 0 Å². The fourth-order valence-corrected chi connectivity index (χ4v) is 9.03. The van der Waals surface area contributed by atoms with Crippen LogP contribution in [0.2, 0.25) is 0 Å². The van der Waals surface area contributed by atoms with Crippen molar-refractivity contribution in [1.29, 1.82) is 0 Å². The van der Waals surface area contributed by atoms with Gasteiger partial charge in [0.05, 0.1) is 28.0 Å². The summed E-state index contributed by atoms with van der Waals surface area (Å²) in [6.45, 7) is 9.10. The van der Waals surface area contributed by atoms with E-state index in [2.05, 4.69) is 153 Å². The van der Waals surface area contributed by atoms with E-state index in [4.69, 9.17) is 18.8 Å². The van der Waals surface area contributed by atoms with Crippen molar-refractivity contribution in [1.82, 2.24) is 19.5 Å². The minimum absolute atomic E-state index is 0. The maximum absolute atomic E-state index is 6.98. The fourth-order valence-electron chi connectivity index (χ4n) is 9.03. The molecule has 0 saturated heterocycles. The van der Waals surface area contributed by atoms with E-state index >= 15 is 0 Å². The summed E-state index contributed by atoms with van der Waals surface area (Å²) in [4.78, 5) is 14.7. The molecule has 0 amide bonds. The van der Waals surface area contributed by atoms with Crippen molar-refractivity contribution in [3.8, 4) is 62.0 Å². The average molecular weight is 1060 g/mol. The molecule has 0 aliphatic rings. The topological polar surface area (TPSA) is 69.9 Å². The maximum Gasteiger partial charge on any atom is 0.215 e. The van der Waals surface area contributed by atoms with Crippen molar-refractivity contribution in [3.63, 3.8) is 0 Å². The van der Waals surface area contributed by atoms with Gasteiger partial charge >= 0.3 is 0 Å². The molecule has 0 unspecified atom stereocenters. The molecule has 0 saturated carbocycles. The zero-order valence-corrected chi connectivity index (χ0v) is 40.5. The van der Waals surface area contributed by atoms with Crippen LogP contribution in [-0.4, -0.2) is 19.5 Å². The molecular formula is C61H46IrN4O2-2. The molecule has 333 valence electrons. The summed E-state index contributed by atoms with van der Waals surface area (Å²) in [7, 11) is 0. The van der Waals surface area contributed by atoms with Crippen LogP contribution < -0.4 is 0 Å². The molecule has 0 spiro atoms. The van der Waals surface area contributed by atoms with Gasteiger partial charge < -0.3 is 18.4 Å². The van der Waals surface area contributed by atoms with Crippen LogP contribution in [0.3, 0.4) is 0 Å². The van der Waals surface area contributed by atoms with Crippen molar-refractivity contribution in [2.75, 3.05) is 0 Å². The second-order valence-corrected chi connectivity index (χ2v) is 17.4. The zero-order chi connectivity index (χ0) is 45.4. The molecule has 8 aromatic carbocycles. The number of fused-ring (bicyclic) bond motifs is 6. The summed E-state index contributed by atoms with van der Waals surface area (Å²) in [5.74, 6) is 1.73. The second kappa shape index (κ2) is 18.9. The van der Waals surface area contributed by atoms with E-state index in [0.717, 1.165) is 72.4 Å². The van der Waals surface area contributed by atoms with E-state index in [-0.39, 0.29) is 31.9 Å². The Kier molecular flexibility index (Phi) is 12.3. The van der Waals surface area contributed by atoms with E-state index in [9.17, 15) is 0 Å². The Morgan fingerprint density at radius 3 is 1.84 bits per heavy atom. The standard InChI is InChI=1S/C50H38N3O2.C11H8N.Ir/c1-30(2)38-26-36(33-18-10-6-11-19-33)27-39(31(3)4)47(38)53-42-23-15-14-22-41(42)51-49(53)40-29-44-46(52-50(55-44)34-20-12-7-13-21-34)45-37-25-24-35(28-43(37)54-48(40)45)32-16-8-5-9-17-32;1-2-6-10(7-3-1)11-8-4-5-9-12-11;/h5-28,30-31H,1-4H3;1-6,8-9H;/q2*-1;. The third-order valence-electron chi connectivity index (χ3n) is 12.3. The number of para-hydroxylation sites is 2. The van der Waals surface area contributed by atoms with Crippen molar-refractivity contribution < 1.29 is 28.9 Å². The van der Waals surface area contributed by atoms with Gasteiger partial charge in [0.2, 0.25) is 5.89 Å². The molecular weight excluding hydrogens is 1010 g/mol. The first-order valence-electron chi connectivity index (χ1n) is 22.8.